The third-order valence-electron chi connectivity index (χ3n) is 3.36. The van der Waals surface area contributed by atoms with Crippen molar-refractivity contribution in [2.45, 2.75) is 39.2 Å². The maximum Gasteiger partial charge on any atom is 0.115 e. The summed E-state index contributed by atoms with van der Waals surface area (Å²) in [7, 11) is 0. The van der Waals surface area contributed by atoms with Gasteiger partial charge in [0.1, 0.15) is 6.33 Å². The molecule has 0 saturated carbocycles. The lowest BCUT2D eigenvalue weighted by molar-refractivity contribution is 0.595. The van der Waals surface area contributed by atoms with Crippen LogP contribution in [0, 0.1) is 0 Å². The fourth-order valence-electron chi connectivity index (χ4n) is 2.34. The fourth-order valence-corrected chi connectivity index (χ4v) is 2.34. The predicted octanol–water partition coefficient (Wildman–Crippen LogP) is 3.52. The summed E-state index contributed by atoms with van der Waals surface area (Å²) in [6.45, 7) is 5.37. The molecule has 0 amide bonds. The highest BCUT2D eigenvalue weighted by Crippen LogP contribution is 2.21. The zero-order valence-electron chi connectivity index (χ0n) is 12.3. The molecule has 3 nitrogen and oxygen atoms in total. The third-order valence-corrected chi connectivity index (χ3v) is 3.36. The topological polar surface area (TPSA) is 37.8 Å². The minimum atomic E-state index is 0.173. The zero-order chi connectivity index (χ0) is 14.2. The van der Waals surface area contributed by atoms with Crippen molar-refractivity contribution in [2.75, 3.05) is 6.54 Å². The van der Waals surface area contributed by atoms with E-state index in [0.29, 0.717) is 0 Å². The molecule has 0 fully saturated rings. The van der Waals surface area contributed by atoms with Crippen molar-refractivity contribution < 1.29 is 0 Å². The second-order valence-electron chi connectivity index (χ2n) is 5.05. The molecule has 1 unspecified atom stereocenters. The van der Waals surface area contributed by atoms with Gasteiger partial charge in [0, 0.05) is 18.0 Å². The molecule has 1 aromatic carbocycles. The SMILES string of the molecule is CCCNC(c1ccc(CCC)cc1)c1cncnc1. The van der Waals surface area contributed by atoms with Crippen LogP contribution in [0.25, 0.3) is 0 Å². The minimum Gasteiger partial charge on any atom is -0.306 e. The maximum atomic E-state index is 4.14. The predicted molar refractivity (Wildman–Crippen MR) is 82.6 cm³/mol. The number of nitrogens with zero attached hydrogens (tertiary/aromatic N) is 2. The van der Waals surface area contributed by atoms with Crippen LogP contribution in [0.1, 0.15) is 49.4 Å². The van der Waals surface area contributed by atoms with Gasteiger partial charge in [-0.25, -0.2) is 9.97 Å². The number of aromatic nitrogens is 2. The van der Waals surface area contributed by atoms with Crippen molar-refractivity contribution in [3.05, 3.63) is 59.7 Å². The molecule has 0 saturated heterocycles. The molecule has 0 aliphatic heterocycles. The zero-order valence-corrected chi connectivity index (χ0v) is 12.3. The van der Waals surface area contributed by atoms with Gasteiger partial charge in [-0.05, 0) is 30.5 Å². The summed E-state index contributed by atoms with van der Waals surface area (Å²) in [5, 5.41) is 3.57. The monoisotopic (exact) mass is 269 g/mol. The smallest absolute Gasteiger partial charge is 0.115 e. The second kappa shape index (κ2) is 7.75. The van der Waals surface area contributed by atoms with Gasteiger partial charge in [0.2, 0.25) is 0 Å². The molecule has 0 aliphatic rings. The first-order valence-corrected chi connectivity index (χ1v) is 7.42. The summed E-state index contributed by atoms with van der Waals surface area (Å²) in [4.78, 5) is 8.27. The summed E-state index contributed by atoms with van der Waals surface area (Å²) < 4.78 is 0. The van der Waals surface area contributed by atoms with Crippen LogP contribution in [0.15, 0.2) is 43.0 Å². The van der Waals surface area contributed by atoms with E-state index in [0.717, 1.165) is 24.9 Å². The molecule has 1 heterocycles. The Bertz CT molecular complexity index is 493. The largest absolute Gasteiger partial charge is 0.306 e. The molecule has 0 aliphatic carbocycles. The van der Waals surface area contributed by atoms with Gasteiger partial charge in [0.05, 0.1) is 6.04 Å². The van der Waals surface area contributed by atoms with Crippen LogP contribution in [0.3, 0.4) is 0 Å². The van der Waals surface area contributed by atoms with Gasteiger partial charge in [0.15, 0.2) is 0 Å². The van der Waals surface area contributed by atoms with E-state index in [4.69, 9.17) is 0 Å². The van der Waals surface area contributed by atoms with Crippen molar-refractivity contribution in [2.24, 2.45) is 0 Å². The first-order valence-electron chi connectivity index (χ1n) is 7.42. The highest BCUT2D eigenvalue weighted by atomic mass is 14.9. The highest BCUT2D eigenvalue weighted by Gasteiger charge is 2.13. The van der Waals surface area contributed by atoms with Crippen molar-refractivity contribution in [1.29, 1.82) is 0 Å². The van der Waals surface area contributed by atoms with E-state index in [1.165, 1.54) is 17.5 Å². The van der Waals surface area contributed by atoms with Crippen LogP contribution in [0.5, 0.6) is 0 Å². The average molecular weight is 269 g/mol. The Kier molecular flexibility index (Phi) is 5.69. The Labute approximate surface area is 121 Å². The van der Waals surface area contributed by atoms with Gasteiger partial charge in [-0.3, -0.25) is 0 Å². The summed E-state index contributed by atoms with van der Waals surface area (Å²) in [5.74, 6) is 0. The Morgan fingerprint density at radius 2 is 1.65 bits per heavy atom. The van der Waals surface area contributed by atoms with E-state index in [9.17, 15) is 0 Å². The van der Waals surface area contributed by atoms with Gasteiger partial charge >= 0.3 is 0 Å². The van der Waals surface area contributed by atoms with E-state index in [1.54, 1.807) is 6.33 Å². The lowest BCUT2D eigenvalue weighted by Gasteiger charge is -2.19. The number of hydrogen-bond donors (Lipinski definition) is 1. The van der Waals surface area contributed by atoms with Crippen LogP contribution in [0.2, 0.25) is 0 Å². The van der Waals surface area contributed by atoms with Crippen molar-refractivity contribution in [3.8, 4) is 0 Å². The molecule has 3 heteroatoms. The lowest BCUT2D eigenvalue weighted by atomic mass is 9.98. The molecule has 2 aromatic rings. The Balaban J connectivity index is 2.22. The number of hydrogen-bond acceptors (Lipinski definition) is 3. The van der Waals surface area contributed by atoms with E-state index < -0.39 is 0 Å². The second-order valence-corrected chi connectivity index (χ2v) is 5.05. The van der Waals surface area contributed by atoms with E-state index in [2.05, 4.69) is 53.4 Å². The van der Waals surface area contributed by atoms with Gasteiger partial charge in [-0.15, -0.1) is 0 Å². The standard InChI is InChI=1S/C17H23N3/c1-3-5-14-6-8-15(9-7-14)17(20-10-4-2)16-11-18-13-19-12-16/h6-9,11-13,17,20H,3-5,10H2,1-2H3. The molecule has 2 rings (SSSR count). The lowest BCUT2D eigenvalue weighted by Crippen LogP contribution is -2.23. The first kappa shape index (κ1) is 14.7. The molecule has 1 aromatic heterocycles. The number of nitrogens with one attached hydrogen (secondary N) is 1. The van der Waals surface area contributed by atoms with Crippen LogP contribution in [-0.4, -0.2) is 16.5 Å². The fraction of sp³-hybridized carbons (Fsp3) is 0.412. The van der Waals surface area contributed by atoms with Crippen molar-refractivity contribution in [1.82, 2.24) is 15.3 Å². The summed E-state index contributed by atoms with van der Waals surface area (Å²) in [5.41, 5.74) is 3.78. The number of rotatable bonds is 7. The molecule has 1 atom stereocenters. The maximum absolute atomic E-state index is 4.14. The van der Waals surface area contributed by atoms with Crippen LogP contribution < -0.4 is 5.32 Å². The van der Waals surface area contributed by atoms with Crippen LogP contribution in [-0.2, 0) is 6.42 Å². The highest BCUT2D eigenvalue weighted by molar-refractivity contribution is 5.31. The Morgan fingerprint density at radius 1 is 0.950 bits per heavy atom. The summed E-state index contributed by atoms with van der Waals surface area (Å²) >= 11 is 0. The normalized spacial score (nSPS) is 12.3. The van der Waals surface area contributed by atoms with Gasteiger partial charge in [-0.2, -0.15) is 0 Å². The summed E-state index contributed by atoms with van der Waals surface area (Å²) in [6, 6.07) is 9.05. The molecule has 1 N–H and O–H groups in total. The quantitative estimate of drug-likeness (QED) is 0.835. The number of aryl methyl sites for hydroxylation is 1. The van der Waals surface area contributed by atoms with Crippen LogP contribution in [0.4, 0.5) is 0 Å². The Morgan fingerprint density at radius 3 is 2.25 bits per heavy atom. The van der Waals surface area contributed by atoms with Crippen LogP contribution >= 0.6 is 0 Å². The van der Waals surface area contributed by atoms with E-state index in [1.807, 2.05) is 12.4 Å². The molecular formula is C17H23N3. The summed E-state index contributed by atoms with van der Waals surface area (Å²) in [6.07, 6.45) is 8.79. The van der Waals surface area contributed by atoms with Crippen molar-refractivity contribution in [3.63, 3.8) is 0 Å². The molecule has 20 heavy (non-hydrogen) atoms. The molecule has 0 bridgehead atoms. The van der Waals surface area contributed by atoms with E-state index >= 15 is 0 Å². The average Bonchev–Trinajstić information content (AvgIpc) is 2.51. The molecule has 0 spiro atoms. The molecule has 106 valence electrons. The van der Waals surface area contributed by atoms with Gasteiger partial charge in [-0.1, -0.05) is 44.5 Å². The number of benzene rings is 1. The Hall–Kier alpha value is -1.74. The molecular weight excluding hydrogens is 246 g/mol. The first-order chi connectivity index (χ1) is 9.85. The van der Waals surface area contributed by atoms with E-state index in [-0.39, 0.29) is 6.04 Å². The molecule has 0 radical (unpaired) electrons. The third kappa shape index (κ3) is 3.87. The van der Waals surface area contributed by atoms with Crippen molar-refractivity contribution >= 4 is 0 Å². The minimum absolute atomic E-state index is 0.173. The van der Waals surface area contributed by atoms with Gasteiger partial charge < -0.3 is 5.32 Å². The van der Waals surface area contributed by atoms with Gasteiger partial charge in [0.25, 0.3) is 0 Å².